The van der Waals surface area contributed by atoms with Gasteiger partial charge in [0.2, 0.25) is 6.79 Å². The standard InChI is InChI=1S/C25H20FN3O5S/c1-31-21-12-17(24(30)27-13-16-4-8-19-22(10-16)33-14-32-19)5-9-20(21)34-25-28-23(29-35-25)11-15-2-6-18(26)7-3-15/h2-10,12H,11,13-14H2,1H3,(H,27,30). The van der Waals surface area contributed by atoms with Crippen LogP contribution in [0.5, 0.6) is 28.2 Å². The van der Waals surface area contributed by atoms with E-state index in [2.05, 4.69) is 14.7 Å². The number of hydrogen-bond acceptors (Lipinski definition) is 8. The van der Waals surface area contributed by atoms with Crippen molar-refractivity contribution in [2.75, 3.05) is 13.9 Å². The molecule has 0 spiro atoms. The van der Waals surface area contributed by atoms with E-state index in [4.69, 9.17) is 18.9 Å². The molecule has 0 saturated heterocycles. The van der Waals surface area contributed by atoms with Crippen LogP contribution in [0.4, 0.5) is 4.39 Å². The highest BCUT2D eigenvalue weighted by Crippen LogP contribution is 2.34. The number of hydrogen-bond donors (Lipinski definition) is 1. The fourth-order valence-corrected chi connectivity index (χ4v) is 4.02. The van der Waals surface area contributed by atoms with Gasteiger partial charge in [-0.05, 0) is 53.6 Å². The summed E-state index contributed by atoms with van der Waals surface area (Å²) in [7, 11) is 1.50. The first kappa shape index (κ1) is 22.6. The summed E-state index contributed by atoms with van der Waals surface area (Å²) < 4.78 is 39.3. The molecule has 8 nitrogen and oxygen atoms in total. The number of halogens is 1. The number of benzene rings is 3. The highest BCUT2D eigenvalue weighted by molar-refractivity contribution is 7.07. The Hall–Kier alpha value is -4.18. The molecular formula is C25H20FN3O5S. The van der Waals surface area contributed by atoms with Gasteiger partial charge in [-0.1, -0.05) is 18.2 Å². The number of carbonyl (C=O) groups excluding carboxylic acids is 1. The van der Waals surface area contributed by atoms with E-state index in [9.17, 15) is 9.18 Å². The van der Waals surface area contributed by atoms with Crippen molar-refractivity contribution in [2.24, 2.45) is 0 Å². The number of carbonyl (C=O) groups is 1. The number of nitrogens with zero attached hydrogens (tertiary/aromatic N) is 2. The van der Waals surface area contributed by atoms with E-state index in [-0.39, 0.29) is 18.5 Å². The van der Waals surface area contributed by atoms with E-state index >= 15 is 0 Å². The number of ether oxygens (including phenoxy) is 4. The maximum atomic E-state index is 13.1. The normalized spacial score (nSPS) is 11.8. The third kappa shape index (κ3) is 5.33. The Kier molecular flexibility index (Phi) is 6.44. The summed E-state index contributed by atoms with van der Waals surface area (Å²) in [6.07, 6.45) is 0.458. The largest absolute Gasteiger partial charge is 0.493 e. The number of nitrogens with one attached hydrogen (secondary N) is 1. The summed E-state index contributed by atoms with van der Waals surface area (Å²) >= 11 is 1.10. The molecule has 10 heteroatoms. The zero-order valence-corrected chi connectivity index (χ0v) is 19.4. The van der Waals surface area contributed by atoms with Gasteiger partial charge in [0, 0.05) is 30.1 Å². The fourth-order valence-electron chi connectivity index (χ4n) is 3.46. The highest BCUT2D eigenvalue weighted by Gasteiger charge is 2.16. The second kappa shape index (κ2) is 9.98. The van der Waals surface area contributed by atoms with Gasteiger partial charge in [-0.3, -0.25) is 4.79 Å². The monoisotopic (exact) mass is 493 g/mol. The predicted molar refractivity (Wildman–Crippen MR) is 126 cm³/mol. The Balaban J connectivity index is 1.22. The molecule has 0 unspecified atom stereocenters. The van der Waals surface area contributed by atoms with Crippen LogP contribution in [-0.2, 0) is 13.0 Å². The molecule has 1 aliphatic heterocycles. The van der Waals surface area contributed by atoms with Gasteiger partial charge >= 0.3 is 0 Å². The van der Waals surface area contributed by atoms with Crippen LogP contribution in [0.3, 0.4) is 0 Å². The van der Waals surface area contributed by atoms with Crippen LogP contribution in [-0.4, -0.2) is 29.2 Å². The molecule has 1 N–H and O–H groups in total. The van der Waals surface area contributed by atoms with Crippen molar-refractivity contribution in [1.82, 2.24) is 14.7 Å². The van der Waals surface area contributed by atoms with Crippen LogP contribution in [0.2, 0.25) is 0 Å². The van der Waals surface area contributed by atoms with Gasteiger partial charge in [0.15, 0.2) is 28.8 Å². The Morgan fingerprint density at radius 2 is 1.83 bits per heavy atom. The van der Waals surface area contributed by atoms with Crippen LogP contribution < -0.4 is 24.3 Å². The van der Waals surface area contributed by atoms with E-state index in [1.54, 1.807) is 30.3 Å². The summed E-state index contributed by atoms with van der Waals surface area (Å²) in [6, 6.07) is 16.6. The molecule has 1 amide bonds. The van der Waals surface area contributed by atoms with Crippen molar-refractivity contribution < 1.29 is 28.1 Å². The van der Waals surface area contributed by atoms with Crippen LogP contribution in [0, 0.1) is 5.82 Å². The SMILES string of the molecule is COc1cc(C(=O)NCc2ccc3c(c2)OCO3)ccc1Oc1nc(Cc2ccc(F)cc2)ns1. The molecule has 35 heavy (non-hydrogen) atoms. The van der Waals surface area contributed by atoms with Gasteiger partial charge in [0.25, 0.3) is 11.1 Å². The van der Waals surface area contributed by atoms with E-state index in [1.165, 1.54) is 19.2 Å². The Morgan fingerprint density at radius 1 is 1.03 bits per heavy atom. The number of fused-ring (bicyclic) bond motifs is 1. The Bertz CT molecular complexity index is 1360. The van der Waals surface area contributed by atoms with Gasteiger partial charge in [-0.25, -0.2) is 4.39 Å². The molecule has 178 valence electrons. The second-order valence-electron chi connectivity index (χ2n) is 7.62. The molecule has 0 atom stereocenters. The highest BCUT2D eigenvalue weighted by atomic mass is 32.1. The Labute approximate surface area is 204 Å². The van der Waals surface area contributed by atoms with Crippen LogP contribution in [0.25, 0.3) is 0 Å². The van der Waals surface area contributed by atoms with E-state index in [0.717, 1.165) is 22.7 Å². The van der Waals surface area contributed by atoms with Gasteiger partial charge < -0.3 is 24.3 Å². The molecular weight excluding hydrogens is 473 g/mol. The minimum atomic E-state index is -0.291. The van der Waals surface area contributed by atoms with E-state index in [1.807, 2.05) is 18.2 Å². The number of methoxy groups -OCH3 is 1. The van der Waals surface area contributed by atoms with Crippen molar-refractivity contribution in [1.29, 1.82) is 0 Å². The number of amides is 1. The first-order valence-electron chi connectivity index (χ1n) is 10.7. The van der Waals surface area contributed by atoms with Crippen LogP contribution >= 0.6 is 11.5 Å². The lowest BCUT2D eigenvalue weighted by Gasteiger charge is -2.11. The lowest BCUT2D eigenvalue weighted by atomic mass is 10.1. The summed E-state index contributed by atoms with van der Waals surface area (Å²) in [5, 5.41) is 3.22. The molecule has 3 aromatic carbocycles. The fraction of sp³-hybridized carbons (Fsp3) is 0.160. The number of rotatable bonds is 8. The lowest BCUT2D eigenvalue weighted by molar-refractivity contribution is 0.0950. The first-order valence-corrected chi connectivity index (χ1v) is 11.4. The van der Waals surface area contributed by atoms with Crippen LogP contribution in [0.15, 0.2) is 60.7 Å². The molecule has 0 aliphatic carbocycles. The summed E-state index contributed by atoms with van der Waals surface area (Å²) in [5.41, 5.74) is 2.20. The van der Waals surface area contributed by atoms with E-state index < -0.39 is 0 Å². The smallest absolute Gasteiger partial charge is 0.298 e. The van der Waals surface area contributed by atoms with Crippen molar-refractivity contribution in [3.05, 3.63) is 89.0 Å². The first-order chi connectivity index (χ1) is 17.1. The molecule has 0 fully saturated rings. The number of aromatic nitrogens is 2. The molecule has 5 rings (SSSR count). The van der Waals surface area contributed by atoms with Crippen molar-refractivity contribution in [3.8, 4) is 28.2 Å². The molecule has 1 aliphatic rings. The molecule has 2 heterocycles. The maximum Gasteiger partial charge on any atom is 0.298 e. The molecule has 1 aromatic heterocycles. The predicted octanol–water partition coefficient (Wildman–Crippen LogP) is 4.73. The molecule has 0 saturated carbocycles. The topological polar surface area (TPSA) is 91.8 Å². The minimum Gasteiger partial charge on any atom is -0.493 e. The summed E-state index contributed by atoms with van der Waals surface area (Å²) in [4.78, 5) is 17.1. The molecule has 0 radical (unpaired) electrons. The van der Waals surface area contributed by atoms with Gasteiger partial charge in [0.05, 0.1) is 7.11 Å². The van der Waals surface area contributed by atoms with Gasteiger partial charge in [-0.15, -0.1) is 0 Å². The van der Waals surface area contributed by atoms with Crippen molar-refractivity contribution >= 4 is 17.4 Å². The average molecular weight is 494 g/mol. The minimum absolute atomic E-state index is 0.200. The summed E-state index contributed by atoms with van der Waals surface area (Å²) in [6.45, 7) is 0.531. The zero-order chi connectivity index (χ0) is 24.2. The van der Waals surface area contributed by atoms with Crippen molar-refractivity contribution in [2.45, 2.75) is 13.0 Å². The van der Waals surface area contributed by atoms with Crippen molar-refractivity contribution in [3.63, 3.8) is 0 Å². The third-order valence-corrected chi connectivity index (χ3v) is 5.87. The second-order valence-corrected chi connectivity index (χ2v) is 8.33. The lowest BCUT2D eigenvalue weighted by Crippen LogP contribution is -2.22. The maximum absolute atomic E-state index is 13.1. The molecule has 0 bridgehead atoms. The quantitative estimate of drug-likeness (QED) is 0.380. The average Bonchev–Trinajstić information content (AvgIpc) is 3.53. The molecule has 4 aromatic rings. The Morgan fingerprint density at radius 3 is 2.66 bits per heavy atom. The van der Waals surface area contributed by atoms with Crippen LogP contribution in [0.1, 0.15) is 27.3 Å². The van der Waals surface area contributed by atoms with Gasteiger partial charge in [0.1, 0.15) is 5.82 Å². The van der Waals surface area contributed by atoms with E-state index in [0.29, 0.717) is 52.5 Å². The summed E-state index contributed by atoms with van der Waals surface area (Å²) in [5.74, 6) is 2.16. The zero-order valence-electron chi connectivity index (χ0n) is 18.6. The third-order valence-electron chi connectivity index (χ3n) is 5.24. The van der Waals surface area contributed by atoms with Gasteiger partial charge in [-0.2, -0.15) is 9.36 Å².